The van der Waals surface area contributed by atoms with Gasteiger partial charge < -0.3 is 10.6 Å². The van der Waals surface area contributed by atoms with E-state index in [1.165, 1.54) is 18.5 Å². The lowest BCUT2D eigenvalue weighted by Crippen LogP contribution is -2.35. The molecule has 1 amide bonds. The van der Waals surface area contributed by atoms with Gasteiger partial charge in [-0.2, -0.15) is 13.2 Å². The Morgan fingerprint density at radius 2 is 1.97 bits per heavy atom. The van der Waals surface area contributed by atoms with E-state index in [2.05, 4.69) is 20.9 Å². The number of rotatable bonds is 3. The average Bonchev–Trinajstić information content (AvgIpc) is 2.68. The number of nitrogens with one attached hydrogen (secondary N) is 3. The Balaban J connectivity index is 1.82. The predicted molar refractivity (Wildman–Crippen MR) is 113 cm³/mol. The molecule has 1 aromatic heterocycles. The summed E-state index contributed by atoms with van der Waals surface area (Å²) >= 11 is 5.19. The van der Waals surface area contributed by atoms with Crippen molar-refractivity contribution in [2.75, 3.05) is 11.9 Å². The van der Waals surface area contributed by atoms with E-state index in [0.717, 1.165) is 50.8 Å². The molecule has 0 aliphatic carbocycles. The molecule has 160 valence electrons. The first-order valence-corrected chi connectivity index (χ1v) is 10.2. The summed E-state index contributed by atoms with van der Waals surface area (Å²) in [7, 11) is 0. The van der Waals surface area contributed by atoms with Gasteiger partial charge >= 0.3 is 6.18 Å². The molecule has 1 atom stereocenters. The van der Waals surface area contributed by atoms with Crippen LogP contribution in [0.1, 0.15) is 59.6 Å². The summed E-state index contributed by atoms with van der Waals surface area (Å²) in [6, 6.07) is 6.69. The number of hydrogen-bond acceptors (Lipinski definition) is 4. The SMILES string of the molecule is O=C(NC(=S)Nc1cc(C(F)(F)F)ccc1C1CCCCCCN1)c1cccnc1. The smallest absolute Gasteiger partial charge is 0.332 e. The van der Waals surface area contributed by atoms with Crippen LogP contribution in [0.15, 0.2) is 42.7 Å². The van der Waals surface area contributed by atoms with Crippen LogP contribution in [-0.4, -0.2) is 22.5 Å². The molecule has 3 N–H and O–H groups in total. The van der Waals surface area contributed by atoms with Crippen molar-refractivity contribution >= 4 is 28.9 Å². The van der Waals surface area contributed by atoms with E-state index < -0.39 is 17.6 Å². The highest BCUT2D eigenvalue weighted by molar-refractivity contribution is 7.80. The molecule has 9 heteroatoms. The summed E-state index contributed by atoms with van der Waals surface area (Å²) in [6.07, 6.45) is 3.50. The third-order valence-electron chi connectivity index (χ3n) is 4.97. The number of anilines is 1. The summed E-state index contributed by atoms with van der Waals surface area (Å²) in [5.41, 5.74) is 0.454. The molecule has 3 rings (SSSR count). The highest BCUT2D eigenvalue weighted by atomic mass is 32.1. The number of amides is 1. The topological polar surface area (TPSA) is 66.1 Å². The molecule has 0 radical (unpaired) electrons. The summed E-state index contributed by atoms with van der Waals surface area (Å²) in [5, 5.41) is 8.63. The monoisotopic (exact) mass is 436 g/mol. The van der Waals surface area contributed by atoms with E-state index in [-0.39, 0.29) is 16.8 Å². The Hall–Kier alpha value is -2.52. The molecule has 30 heavy (non-hydrogen) atoms. The second kappa shape index (κ2) is 9.99. The summed E-state index contributed by atoms with van der Waals surface area (Å²) in [6.45, 7) is 0.799. The first kappa shape index (κ1) is 22.2. The quantitative estimate of drug-likeness (QED) is 0.602. The molecule has 1 saturated heterocycles. The van der Waals surface area contributed by atoms with Crippen LogP contribution in [0, 0.1) is 0 Å². The van der Waals surface area contributed by atoms with Gasteiger partial charge in [0.25, 0.3) is 5.91 Å². The fourth-order valence-corrected chi connectivity index (χ4v) is 3.64. The van der Waals surface area contributed by atoms with Crippen LogP contribution in [0.5, 0.6) is 0 Å². The number of nitrogens with zero attached hydrogens (tertiary/aromatic N) is 1. The molecular weight excluding hydrogens is 413 g/mol. The van der Waals surface area contributed by atoms with Crippen molar-refractivity contribution in [3.8, 4) is 0 Å². The second-order valence-electron chi connectivity index (χ2n) is 7.16. The van der Waals surface area contributed by atoms with E-state index in [0.29, 0.717) is 11.1 Å². The molecule has 0 bridgehead atoms. The number of halogens is 3. The van der Waals surface area contributed by atoms with E-state index in [9.17, 15) is 18.0 Å². The Labute approximate surface area is 178 Å². The number of benzene rings is 1. The molecule has 1 aliphatic heterocycles. The van der Waals surface area contributed by atoms with E-state index in [1.807, 2.05) is 0 Å². The van der Waals surface area contributed by atoms with Gasteiger partial charge in [-0.05, 0) is 61.4 Å². The van der Waals surface area contributed by atoms with Gasteiger partial charge in [0.05, 0.1) is 11.1 Å². The number of aromatic nitrogens is 1. The van der Waals surface area contributed by atoms with Crippen LogP contribution in [-0.2, 0) is 6.18 Å². The van der Waals surface area contributed by atoms with Crippen LogP contribution < -0.4 is 16.0 Å². The number of alkyl halides is 3. The van der Waals surface area contributed by atoms with Gasteiger partial charge in [-0.15, -0.1) is 0 Å². The molecule has 1 aromatic carbocycles. The van der Waals surface area contributed by atoms with Crippen molar-refractivity contribution in [2.45, 2.75) is 44.3 Å². The number of pyridine rings is 1. The largest absolute Gasteiger partial charge is 0.416 e. The second-order valence-corrected chi connectivity index (χ2v) is 7.57. The third-order valence-corrected chi connectivity index (χ3v) is 5.17. The van der Waals surface area contributed by atoms with E-state index >= 15 is 0 Å². The van der Waals surface area contributed by atoms with Crippen LogP contribution >= 0.6 is 12.2 Å². The zero-order valence-corrected chi connectivity index (χ0v) is 17.1. The van der Waals surface area contributed by atoms with Crippen LogP contribution in [0.25, 0.3) is 0 Å². The highest BCUT2D eigenvalue weighted by Gasteiger charge is 2.32. The van der Waals surface area contributed by atoms with Crippen molar-refractivity contribution < 1.29 is 18.0 Å². The van der Waals surface area contributed by atoms with E-state index in [4.69, 9.17) is 12.2 Å². The van der Waals surface area contributed by atoms with Crippen LogP contribution in [0.4, 0.5) is 18.9 Å². The summed E-state index contributed by atoms with van der Waals surface area (Å²) < 4.78 is 39.8. The average molecular weight is 437 g/mol. The van der Waals surface area contributed by atoms with Gasteiger partial charge in [0, 0.05) is 24.1 Å². The number of carbonyl (C=O) groups is 1. The number of carbonyl (C=O) groups excluding carboxylic acids is 1. The zero-order valence-electron chi connectivity index (χ0n) is 16.3. The van der Waals surface area contributed by atoms with Crippen molar-refractivity contribution in [1.82, 2.24) is 15.6 Å². The predicted octanol–water partition coefficient (Wildman–Crippen LogP) is 4.82. The Morgan fingerprint density at radius 1 is 1.17 bits per heavy atom. The maximum atomic E-state index is 13.3. The number of hydrogen-bond donors (Lipinski definition) is 3. The molecule has 5 nitrogen and oxygen atoms in total. The molecule has 1 unspecified atom stereocenters. The van der Waals surface area contributed by atoms with Crippen molar-refractivity contribution in [3.63, 3.8) is 0 Å². The molecule has 1 fully saturated rings. The van der Waals surface area contributed by atoms with Gasteiger partial charge in [-0.1, -0.05) is 25.3 Å². The lowest BCUT2D eigenvalue weighted by molar-refractivity contribution is -0.137. The lowest BCUT2D eigenvalue weighted by Gasteiger charge is -2.25. The van der Waals surface area contributed by atoms with Gasteiger partial charge in [0.2, 0.25) is 0 Å². The first-order chi connectivity index (χ1) is 14.3. The fraction of sp³-hybridized carbons (Fsp3) is 0.381. The normalized spacial score (nSPS) is 17.5. The van der Waals surface area contributed by atoms with Crippen molar-refractivity contribution in [3.05, 3.63) is 59.4 Å². The van der Waals surface area contributed by atoms with Gasteiger partial charge in [-0.25, -0.2) is 0 Å². The number of thiocarbonyl (C=S) groups is 1. The third kappa shape index (κ3) is 5.99. The van der Waals surface area contributed by atoms with E-state index in [1.54, 1.807) is 12.1 Å². The Morgan fingerprint density at radius 3 is 2.70 bits per heavy atom. The van der Waals surface area contributed by atoms with Crippen molar-refractivity contribution in [1.29, 1.82) is 0 Å². The Kier molecular flexibility index (Phi) is 7.38. The summed E-state index contributed by atoms with van der Waals surface area (Å²) in [4.78, 5) is 16.1. The molecule has 1 aliphatic rings. The van der Waals surface area contributed by atoms with Crippen LogP contribution in [0.3, 0.4) is 0 Å². The maximum absolute atomic E-state index is 13.3. The van der Waals surface area contributed by atoms with Crippen LogP contribution in [0.2, 0.25) is 0 Å². The van der Waals surface area contributed by atoms with Gasteiger partial charge in [0.15, 0.2) is 5.11 Å². The maximum Gasteiger partial charge on any atom is 0.416 e. The standard InChI is InChI=1S/C21H23F3N4OS/c22-21(23,24)15-8-9-16(17-7-3-1-2-4-11-26-17)18(12-15)27-20(30)28-19(29)14-6-5-10-25-13-14/h5-6,8-10,12-13,17,26H,1-4,7,11H2,(H2,27,28,29,30). The molecule has 2 heterocycles. The van der Waals surface area contributed by atoms with Gasteiger partial charge in [0.1, 0.15) is 0 Å². The zero-order chi connectivity index (χ0) is 21.6. The van der Waals surface area contributed by atoms with Crippen molar-refractivity contribution in [2.24, 2.45) is 0 Å². The first-order valence-electron chi connectivity index (χ1n) is 9.81. The Bertz CT molecular complexity index is 882. The minimum atomic E-state index is -4.48. The molecule has 0 saturated carbocycles. The fourth-order valence-electron chi connectivity index (χ4n) is 3.44. The lowest BCUT2D eigenvalue weighted by atomic mass is 9.95. The summed E-state index contributed by atoms with van der Waals surface area (Å²) in [5.74, 6) is -0.488. The molecule has 2 aromatic rings. The van der Waals surface area contributed by atoms with Gasteiger partial charge in [-0.3, -0.25) is 15.1 Å². The molecule has 0 spiro atoms. The minimum Gasteiger partial charge on any atom is -0.332 e. The molecular formula is C21H23F3N4OS. The minimum absolute atomic E-state index is 0.0738. The highest BCUT2D eigenvalue weighted by Crippen LogP contribution is 2.35.